The predicted octanol–water partition coefficient (Wildman–Crippen LogP) is 3.71. The number of aryl methyl sites for hydroxylation is 1. The molecule has 5 amide bonds. The molecule has 4 aliphatic heterocycles. The molecule has 3 aromatic rings. The second-order valence-electron chi connectivity index (χ2n) is 12.9. The van der Waals surface area contributed by atoms with Gasteiger partial charge in [0, 0.05) is 68.7 Å². The molecule has 3 saturated heterocycles. The summed E-state index contributed by atoms with van der Waals surface area (Å²) in [6.07, 6.45) is 9.15. The summed E-state index contributed by atoms with van der Waals surface area (Å²) in [7, 11) is 0. The van der Waals surface area contributed by atoms with E-state index in [1.54, 1.807) is 24.4 Å². The van der Waals surface area contributed by atoms with Gasteiger partial charge >= 0.3 is 0 Å². The van der Waals surface area contributed by atoms with Crippen molar-refractivity contribution in [3.63, 3.8) is 0 Å². The number of benzene rings is 1. The summed E-state index contributed by atoms with van der Waals surface area (Å²) in [6, 6.07) is 8.31. The summed E-state index contributed by atoms with van der Waals surface area (Å²) in [5.74, 6) is -0.848. The van der Waals surface area contributed by atoms with E-state index in [1.807, 2.05) is 42.7 Å². The molecule has 2 N–H and O–H groups in total. The predicted molar refractivity (Wildman–Crippen MR) is 183 cm³/mol. The first-order chi connectivity index (χ1) is 23.8. The first-order valence-corrected chi connectivity index (χ1v) is 17.3. The van der Waals surface area contributed by atoms with Crippen molar-refractivity contribution in [2.75, 3.05) is 36.4 Å². The van der Waals surface area contributed by atoms with Crippen molar-refractivity contribution in [1.82, 2.24) is 29.9 Å². The molecule has 0 bridgehead atoms. The third-order valence-electron chi connectivity index (χ3n) is 9.82. The van der Waals surface area contributed by atoms with Crippen LogP contribution in [-0.4, -0.2) is 86.3 Å². The molecule has 1 atom stereocenters. The van der Waals surface area contributed by atoms with Crippen molar-refractivity contribution in [2.24, 2.45) is 5.92 Å². The van der Waals surface area contributed by atoms with Crippen LogP contribution in [-0.2, 0) is 20.9 Å². The highest BCUT2D eigenvalue weighted by Crippen LogP contribution is 2.33. The average molecular weight is 669 g/mol. The summed E-state index contributed by atoms with van der Waals surface area (Å²) in [6.45, 7) is 9.48. The number of aromatic nitrogens is 3. The van der Waals surface area contributed by atoms with E-state index < -0.39 is 29.7 Å². The average Bonchev–Trinajstić information content (AvgIpc) is 3.71. The van der Waals surface area contributed by atoms with Crippen LogP contribution in [0.15, 0.2) is 48.9 Å². The SMILES string of the molecule is CC.Cc1ccc(N2CCC(C(=O)N3CCC(n4cc(CNc5cccc6c5C(=O)N(C5CCC(=O)NC5=O)C6=O)cn4)CC3)CC2)nc1. The minimum atomic E-state index is -1.01. The number of pyridine rings is 1. The molecule has 49 heavy (non-hydrogen) atoms. The fourth-order valence-corrected chi connectivity index (χ4v) is 7.14. The smallest absolute Gasteiger partial charge is 0.264 e. The largest absolute Gasteiger partial charge is 0.380 e. The number of nitrogens with zero attached hydrogens (tertiary/aromatic N) is 6. The van der Waals surface area contributed by atoms with Crippen molar-refractivity contribution in [3.05, 3.63) is 71.2 Å². The van der Waals surface area contributed by atoms with Gasteiger partial charge in [-0.1, -0.05) is 26.0 Å². The van der Waals surface area contributed by atoms with Crippen LogP contribution in [0.1, 0.15) is 90.3 Å². The fourth-order valence-electron chi connectivity index (χ4n) is 7.14. The van der Waals surface area contributed by atoms with Crippen LogP contribution < -0.4 is 15.5 Å². The molecule has 13 nitrogen and oxygen atoms in total. The molecule has 258 valence electrons. The van der Waals surface area contributed by atoms with Gasteiger partial charge in [0.25, 0.3) is 11.8 Å². The van der Waals surface area contributed by atoms with Gasteiger partial charge in [-0.25, -0.2) is 4.98 Å². The highest BCUT2D eigenvalue weighted by Gasteiger charge is 2.45. The van der Waals surface area contributed by atoms with Crippen molar-refractivity contribution in [3.8, 4) is 0 Å². The number of piperidine rings is 3. The molecule has 3 fully saturated rings. The van der Waals surface area contributed by atoms with E-state index >= 15 is 0 Å². The van der Waals surface area contributed by atoms with Crippen LogP contribution in [0.4, 0.5) is 11.5 Å². The minimum Gasteiger partial charge on any atom is -0.380 e. The van der Waals surface area contributed by atoms with Gasteiger partial charge in [0.1, 0.15) is 11.9 Å². The van der Waals surface area contributed by atoms with Gasteiger partial charge in [-0.2, -0.15) is 5.10 Å². The van der Waals surface area contributed by atoms with Crippen molar-refractivity contribution in [2.45, 2.75) is 77.9 Å². The number of carbonyl (C=O) groups excluding carboxylic acids is 5. The van der Waals surface area contributed by atoms with Gasteiger partial charge in [0.05, 0.1) is 23.4 Å². The first kappa shape index (κ1) is 33.8. The number of likely N-dealkylation sites (tertiary alicyclic amines) is 1. The Hall–Kier alpha value is -5.07. The van der Waals surface area contributed by atoms with E-state index in [0.29, 0.717) is 25.3 Å². The molecule has 2 aromatic heterocycles. The van der Waals surface area contributed by atoms with E-state index in [0.717, 1.165) is 60.6 Å². The van der Waals surface area contributed by atoms with E-state index in [-0.39, 0.29) is 41.8 Å². The summed E-state index contributed by atoms with van der Waals surface area (Å²) < 4.78 is 1.96. The lowest BCUT2D eigenvalue weighted by molar-refractivity contribution is -0.138. The number of carbonyl (C=O) groups is 5. The Bertz CT molecular complexity index is 1720. The maximum atomic E-state index is 13.4. The summed E-state index contributed by atoms with van der Waals surface area (Å²) in [5.41, 5.74) is 3.00. The lowest BCUT2D eigenvalue weighted by Crippen LogP contribution is -2.54. The Labute approximate surface area is 286 Å². The summed E-state index contributed by atoms with van der Waals surface area (Å²) in [4.78, 5) is 73.7. The molecule has 4 aliphatic rings. The van der Waals surface area contributed by atoms with Crippen LogP contribution in [0.2, 0.25) is 0 Å². The molecule has 7 rings (SSSR count). The van der Waals surface area contributed by atoms with E-state index in [1.165, 1.54) is 0 Å². The van der Waals surface area contributed by atoms with Gasteiger partial charge in [-0.3, -0.25) is 38.9 Å². The van der Waals surface area contributed by atoms with Gasteiger partial charge in [-0.05, 0) is 62.8 Å². The molecule has 0 aliphatic carbocycles. The minimum absolute atomic E-state index is 0.0494. The number of fused-ring (bicyclic) bond motifs is 1. The van der Waals surface area contributed by atoms with Crippen molar-refractivity contribution in [1.29, 1.82) is 0 Å². The van der Waals surface area contributed by atoms with Gasteiger partial charge in [0.2, 0.25) is 17.7 Å². The quantitative estimate of drug-likeness (QED) is 0.360. The zero-order chi connectivity index (χ0) is 34.7. The Kier molecular flexibility index (Phi) is 10.1. The van der Waals surface area contributed by atoms with E-state index in [9.17, 15) is 24.0 Å². The fraction of sp³-hybridized carbons (Fsp3) is 0.472. The van der Waals surface area contributed by atoms with Crippen molar-refractivity contribution >= 4 is 41.0 Å². The summed E-state index contributed by atoms with van der Waals surface area (Å²) >= 11 is 0. The maximum absolute atomic E-state index is 13.4. The highest BCUT2D eigenvalue weighted by molar-refractivity contribution is 6.25. The van der Waals surface area contributed by atoms with Crippen LogP contribution >= 0.6 is 0 Å². The van der Waals surface area contributed by atoms with E-state index in [2.05, 4.69) is 37.7 Å². The number of imide groups is 2. The number of anilines is 2. The summed E-state index contributed by atoms with van der Waals surface area (Å²) in [5, 5.41) is 10.1. The van der Waals surface area contributed by atoms with Crippen LogP contribution in [0.25, 0.3) is 0 Å². The number of hydrogen-bond acceptors (Lipinski definition) is 9. The van der Waals surface area contributed by atoms with Gasteiger partial charge in [-0.15, -0.1) is 0 Å². The molecule has 6 heterocycles. The zero-order valence-corrected chi connectivity index (χ0v) is 28.4. The molecule has 1 aromatic carbocycles. The maximum Gasteiger partial charge on any atom is 0.264 e. The topological polar surface area (TPSA) is 150 Å². The van der Waals surface area contributed by atoms with Gasteiger partial charge < -0.3 is 15.1 Å². The number of nitrogens with one attached hydrogen (secondary N) is 2. The first-order valence-electron chi connectivity index (χ1n) is 17.3. The molecule has 0 radical (unpaired) electrons. The van der Waals surface area contributed by atoms with Crippen LogP contribution in [0.5, 0.6) is 0 Å². The van der Waals surface area contributed by atoms with Gasteiger partial charge in [0.15, 0.2) is 0 Å². The number of rotatable bonds is 7. The Morgan fingerprint density at radius 1 is 0.918 bits per heavy atom. The lowest BCUT2D eigenvalue weighted by Gasteiger charge is -2.37. The molecule has 0 saturated carbocycles. The third-order valence-corrected chi connectivity index (χ3v) is 9.82. The Morgan fingerprint density at radius 3 is 2.37 bits per heavy atom. The second kappa shape index (κ2) is 14.6. The molecular formula is C36H44N8O5. The van der Waals surface area contributed by atoms with Crippen LogP contribution in [0, 0.1) is 12.8 Å². The Balaban J connectivity index is 0.00000205. The lowest BCUT2D eigenvalue weighted by atomic mass is 9.93. The zero-order valence-electron chi connectivity index (χ0n) is 28.4. The Morgan fingerprint density at radius 2 is 1.67 bits per heavy atom. The standard InChI is InChI=1S/C34H38N8O5.C2H6/c1-21-5-7-28(36-17-21)39-13-9-23(10-14-39)32(45)40-15-11-24(12-16-40)41-20-22(19-37-41)18-35-26-4-2-3-25-30(26)34(47)42(33(25)46)27-6-8-29(43)38-31(27)44;1-2/h2-5,7,17,19-20,23-24,27,35H,6,8-16,18H2,1H3,(H,38,43,44);1-2H3. The molecular weight excluding hydrogens is 624 g/mol. The van der Waals surface area contributed by atoms with Crippen LogP contribution in [0.3, 0.4) is 0 Å². The number of hydrogen-bond donors (Lipinski definition) is 2. The molecule has 13 heteroatoms. The second-order valence-corrected chi connectivity index (χ2v) is 12.9. The molecule has 1 unspecified atom stereocenters. The molecule has 0 spiro atoms. The normalized spacial score (nSPS) is 20.1. The third kappa shape index (κ3) is 6.92. The van der Waals surface area contributed by atoms with Crippen molar-refractivity contribution < 1.29 is 24.0 Å². The monoisotopic (exact) mass is 668 g/mol. The number of amides is 5. The van der Waals surface area contributed by atoms with E-state index in [4.69, 9.17) is 0 Å². The highest BCUT2D eigenvalue weighted by atomic mass is 16.2.